The molecular formula is C14H20NO+. The molecule has 1 rings (SSSR count). The third-order valence-corrected chi connectivity index (χ3v) is 3.15. The third kappa shape index (κ3) is 2.77. The van der Waals surface area contributed by atoms with Crippen molar-refractivity contribution in [3.05, 3.63) is 29.8 Å². The standard InChI is InChI=1S/C14H20NO/c1-6-11-15(3,4)12(2)13-7-9-14(16-5)10-8-13/h1,7-10,12H,11H2,2-5H3/q+1. The fraction of sp³-hybridized carbons (Fsp3) is 0.429. The van der Waals surface area contributed by atoms with Crippen molar-refractivity contribution >= 4 is 0 Å². The van der Waals surface area contributed by atoms with Crippen molar-refractivity contribution in [3.8, 4) is 18.1 Å². The molecule has 0 aliphatic rings. The molecule has 0 N–H and O–H groups in total. The summed E-state index contributed by atoms with van der Waals surface area (Å²) >= 11 is 0. The van der Waals surface area contributed by atoms with Gasteiger partial charge in [-0.2, -0.15) is 0 Å². The van der Waals surface area contributed by atoms with Crippen LogP contribution >= 0.6 is 0 Å². The van der Waals surface area contributed by atoms with E-state index in [4.69, 9.17) is 11.2 Å². The van der Waals surface area contributed by atoms with Crippen molar-refractivity contribution in [2.75, 3.05) is 27.7 Å². The summed E-state index contributed by atoms with van der Waals surface area (Å²) in [5.74, 6) is 3.62. The largest absolute Gasteiger partial charge is 0.497 e. The van der Waals surface area contributed by atoms with Crippen LogP contribution in [0, 0.1) is 12.3 Å². The van der Waals surface area contributed by atoms with E-state index in [0.29, 0.717) is 6.04 Å². The first kappa shape index (κ1) is 12.6. The van der Waals surface area contributed by atoms with Gasteiger partial charge in [0.25, 0.3) is 0 Å². The summed E-state index contributed by atoms with van der Waals surface area (Å²) in [5, 5.41) is 0. The molecule has 0 saturated heterocycles. The van der Waals surface area contributed by atoms with E-state index < -0.39 is 0 Å². The predicted molar refractivity (Wildman–Crippen MR) is 67.2 cm³/mol. The van der Waals surface area contributed by atoms with Crippen molar-refractivity contribution in [2.45, 2.75) is 13.0 Å². The molecule has 86 valence electrons. The zero-order chi connectivity index (χ0) is 12.2. The van der Waals surface area contributed by atoms with Crippen molar-refractivity contribution < 1.29 is 9.22 Å². The van der Waals surface area contributed by atoms with Crippen molar-refractivity contribution in [1.82, 2.24) is 0 Å². The van der Waals surface area contributed by atoms with E-state index in [0.717, 1.165) is 16.8 Å². The van der Waals surface area contributed by atoms with Crippen LogP contribution in [-0.2, 0) is 0 Å². The Morgan fingerprint density at radius 3 is 2.31 bits per heavy atom. The molecule has 0 amide bonds. The van der Waals surface area contributed by atoms with Crippen LogP contribution in [0.5, 0.6) is 5.75 Å². The third-order valence-electron chi connectivity index (χ3n) is 3.15. The van der Waals surface area contributed by atoms with Gasteiger partial charge in [-0.1, -0.05) is 0 Å². The molecule has 1 aromatic rings. The molecule has 0 spiro atoms. The molecule has 16 heavy (non-hydrogen) atoms. The summed E-state index contributed by atoms with van der Waals surface area (Å²) < 4.78 is 5.94. The average Bonchev–Trinajstić information content (AvgIpc) is 2.28. The van der Waals surface area contributed by atoms with E-state index >= 15 is 0 Å². The molecule has 0 saturated carbocycles. The Morgan fingerprint density at radius 1 is 1.31 bits per heavy atom. The van der Waals surface area contributed by atoms with Gasteiger partial charge in [0, 0.05) is 5.56 Å². The van der Waals surface area contributed by atoms with Gasteiger partial charge in [0.1, 0.15) is 18.3 Å². The number of ether oxygens (including phenoxy) is 1. The number of terminal acetylenes is 1. The molecule has 0 radical (unpaired) electrons. The molecule has 0 aliphatic carbocycles. The minimum absolute atomic E-state index is 0.377. The van der Waals surface area contributed by atoms with Crippen LogP contribution in [-0.4, -0.2) is 32.2 Å². The predicted octanol–water partition coefficient (Wildman–Crippen LogP) is 2.47. The first-order valence-corrected chi connectivity index (χ1v) is 5.41. The van der Waals surface area contributed by atoms with E-state index in [2.05, 4.69) is 39.1 Å². The lowest BCUT2D eigenvalue weighted by Crippen LogP contribution is -2.42. The van der Waals surface area contributed by atoms with Gasteiger partial charge in [-0.3, -0.25) is 0 Å². The zero-order valence-corrected chi connectivity index (χ0v) is 10.5. The maximum atomic E-state index is 5.39. The van der Waals surface area contributed by atoms with Crippen molar-refractivity contribution in [2.24, 2.45) is 0 Å². The Morgan fingerprint density at radius 2 is 1.88 bits per heavy atom. The second kappa shape index (κ2) is 5.05. The second-order valence-electron chi connectivity index (χ2n) is 4.59. The summed E-state index contributed by atoms with van der Waals surface area (Å²) in [6, 6.07) is 8.55. The van der Waals surface area contributed by atoms with Crippen molar-refractivity contribution in [3.63, 3.8) is 0 Å². The lowest BCUT2D eigenvalue weighted by molar-refractivity contribution is -0.912. The number of hydrogen-bond donors (Lipinski definition) is 0. The topological polar surface area (TPSA) is 9.23 Å². The van der Waals surface area contributed by atoms with Crippen molar-refractivity contribution in [1.29, 1.82) is 0 Å². The minimum atomic E-state index is 0.377. The summed E-state index contributed by atoms with van der Waals surface area (Å²) in [6.07, 6.45) is 5.39. The van der Waals surface area contributed by atoms with Gasteiger partial charge in [0.2, 0.25) is 0 Å². The first-order chi connectivity index (χ1) is 7.51. The summed E-state index contributed by atoms with van der Waals surface area (Å²) in [6.45, 7) is 2.92. The number of quaternary nitrogens is 1. The molecule has 2 nitrogen and oxygen atoms in total. The number of nitrogens with zero attached hydrogens (tertiary/aromatic N) is 1. The smallest absolute Gasteiger partial charge is 0.140 e. The van der Waals surface area contributed by atoms with Gasteiger partial charge < -0.3 is 9.22 Å². The van der Waals surface area contributed by atoms with Gasteiger partial charge in [-0.05, 0) is 37.1 Å². The highest BCUT2D eigenvalue weighted by Gasteiger charge is 2.24. The fourth-order valence-electron chi connectivity index (χ4n) is 1.66. The molecule has 1 aromatic carbocycles. The maximum Gasteiger partial charge on any atom is 0.140 e. The molecular weight excluding hydrogens is 198 g/mol. The van der Waals surface area contributed by atoms with Crippen LogP contribution in [0.15, 0.2) is 24.3 Å². The van der Waals surface area contributed by atoms with Crippen LogP contribution in [0.4, 0.5) is 0 Å². The first-order valence-electron chi connectivity index (χ1n) is 5.41. The van der Waals surface area contributed by atoms with Gasteiger partial charge in [0.15, 0.2) is 0 Å². The Bertz CT molecular complexity index is 373. The molecule has 0 bridgehead atoms. The number of benzene rings is 1. The summed E-state index contributed by atoms with van der Waals surface area (Å²) in [4.78, 5) is 0. The Labute approximate surface area is 98.4 Å². The molecule has 1 unspecified atom stereocenters. The highest BCUT2D eigenvalue weighted by Crippen LogP contribution is 2.25. The fourth-order valence-corrected chi connectivity index (χ4v) is 1.66. The van der Waals surface area contributed by atoms with Crippen LogP contribution in [0.3, 0.4) is 0 Å². The minimum Gasteiger partial charge on any atom is -0.497 e. The highest BCUT2D eigenvalue weighted by molar-refractivity contribution is 5.28. The van der Waals surface area contributed by atoms with E-state index in [1.165, 1.54) is 5.56 Å². The molecule has 0 fully saturated rings. The summed E-state index contributed by atoms with van der Waals surface area (Å²) in [5.41, 5.74) is 1.28. The quantitative estimate of drug-likeness (QED) is 0.557. The lowest BCUT2D eigenvalue weighted by Gasteiger charge is -2.34. The lowest BCUT2D eigenvalue weighted by atomic mass is 10.1. The second-order valence-corrected chi connectivity index (χ2v) is 4.59. The molecule has 1 atom stereocenters. The monoisotopic (exact) mass is 218 g/mol. The average molecular weight is 218 g/mol. The van der Waals surface area contributed by atoms with Gasteiger partial charge in [-0.25, -0.2) is 0 Å². The van der Waals surface area contributed by atoms with Crippen LogP contribution in [0.25, 0.3) is 0 Å². The Kier molecular flexibility index (Phi) is 3.98. The summed E-state index contributed by atoms with van der Waals surface area (Å²) in [7, 11) is 5.97. The molecule has 0 aliphatic heterocycles. The van der Waals surface area contributed by atoms with Crippen LogP contribution in [0.1, 0.15) is 18.5 Å². The zero-order valence-electron chi connectivity index (χ0n) is 10.5. The Hall–Kier alpha value is -1.46. The van der Waals surface area contributed by atoms with Gasteiger partial charge in [0.05, 0.1) is 21.2 Å². The number of methoxy groups -OCH3 is 1. The van der Waals surface area contributed by atoms with E-state index in [9.17, 15) is 0 Å². The highest BCUT2D eigenvalue weighted by atomic mass is 16.5. The molecule has 2 heteroatoms. The Balaban J connectivity index is 2.88. The van der Waals surface area contributed by atoms with Crippen LogP contribution in [0.2, 0.25) is 0 Å². The maximum absolute atomic E-state index is 5.39. The molecule has 0 heterocycles. The van der Waals surface area contributed by atoms with Crippen LogP contribution < -0.4 is 4.74 Å². The van der Waals surface area contributed by atoms with E-state index in [1.54, 1.807) is 7.11 Å². The van der Waals surface area contributed by atoms with E-state index in [1.807, 2.05) is 12.1 Å². The van der Waals surface area contributed by atoms with E-state index in [-0.39, 0.29) is 0 Å². The van der Waals surface area contributed by atoms with Gasteiger partial charge >= 0.3 is 0 Å². The SMILES string of the molecule is C#CC[N+](C)(C)C(C)c1ccc(OC)cc1. The van der Waals surface area contributed by atoms with Gasteiger partial charge in [-0.15, -0.1) is 6.42 Å². The number of hydrogen-bond acceptors (Lipinski definition) is 1. The molecule has 0 aromatic heterocycles. The normalized spacial score (nSPS) is 12.9. The number of rotatable bonds is 4.